The molecule has 0 amide bonds. The average molecular weight is 821 g/mol. The summed E-state index contributed by atoms with van der Waals surface area (Å²) in [5.74, 6) is 0. The van der Waals surface area contributed by atoms with E-state index in [0.717, 1.165) is 28.3 Å². The van der Waals surface area contributed by atoms with Gasteiger partial charge in [-0.25, -0.2) is 0 Å². The topological polar surface area (TPSA) is 8.17 Å². The van der Waals surface area contributed by atoms with Gasteiger partial charge in [0.25, 0.3) is 0 Å². The van der Waals surface area contributed by atoms with Crippen molar-refractivity contribution in [2.24, 2.45) is 0 Å². The molecule has 10 aromatic carbocycles. The van der Waals surface area contributed by atoms with Crippen LogP contribution in [0, 0.1) is 0 Å². The molecule has 3 heteroatoms. The summed E-state index contributed by atoms with van der Waals surface area (Å²) >= 11 is 1.85. The summed E-state index contributed by atoms with van der Waals surface area (Å²) in [5.41, 5.74) is 16.2. The summed E-state index contributed by atoms with van der Waals surface area (Å²) in [7, 11) is 0. The van der Waals surface area contributed by atoms with Gasteiger partial charge in [0.1, 0.15) is 0 Å². The van der Waals surface area contributed by atoms with Crippen LogP contribution in [0.1, 0.15) is 0 Å². The molecule has 0 aliphatic rings. The van der Waals surface area contributed by atoms with Crippen LogP contribution in [0.2, 0.25) is 0 Å². The fourth-order valence-corrected chi connectivity index (χ4v) is 10.7. The van der Waals surface area contributed by atoms with Crippen molar-refractivity contribution in [1.82, 2.24) is 4.57 Å². The van der Waals surface area contributed by atoms with Crippen LogP contribution in [0.3, 0.4) is 0 Å². The van der Waals surface area contributed by atoms with E-state index in [1.54, 1.807) is 0 Å². The van der Waals surface area contributed by atoms with E-state index in [0.29, 0.717) is 0 Å². The number of thiophene rings is 1. The van der Waals surface area contributed by atoms with Crippen LogP contribution < -0.4 is 4.90 Å². The molecular formula is C60H40N2S. The Morgan fingerprint density at radius 1 is 0.333 bits per heavy atom. The van der Waals surface area contributed by atoms with Gasteiger partial charge < -0.3 is 9.47 Å². The third kappa shape index (κ3) is 6.33. The lowest BCUT2D eigenvalue weighted by Gasteiger charge is -2.30. The second kappa shape index (κ2) is 15.5. The van der Waals surface area contributed by atoms with Crippen molar-refractivity contribution in [1.29, 1.82) is 0 Å². The van der Waals surface area contributed by atoms with E-state index in [4.69, 9.17) is 0 Å². The van der Waals surface area contributed by atoms with E-state index in [2.05, 4.69) is 252 Å². The van der Waals surface area contributed by atoms with Gasteiger partial charge in [-0.05, 0) is 94.0 Å². The van der Waals surface area contributed by atoms with Crippen LogP contribution in [0.15, 0.2) is 243 Å². The first kappa shape index (κ1) is 36.8. The van der Waals surface area contributed by atoms with E-state index < -0.39 is 0 Å². The summed E-state index contributed by atoms with van der Waals surface area (Å²) in [6, 6.07) is 88.6. The minimum atomic E-state index is 1.08. The molecule has 12 rings (SSSR count). The van der Waals surface area contributed by atoms with Crippen LogP contribution in [-0.2, 0) is 0 Å². The Balaban J connectivity index is 1.15. The van der Waals surface area contributed by atoms with Crippen molar-refractivity contribution < 1.29 is 0 Å². The van der Waals surface area contributed by atoms with Crippen LogP contribution in [-0.4, -0.2) is 4.57 Å². The second-order valence-corrected chi connectivity index (χ2v) is 17.1. The van der Waals surface area contributed by atoms with Crippen molar-refractivity contribution in [3.8, 4) is 50.2 Å². The predicted molar refractivity (Wildman–Crippen MR) is 270 cm³/mol. The Kier molecular flexibility index (Phi) is 9.06. The highest BCUT2D eigenvalue weighted by molar-refractivity contribution is 7.25. The lowest BCUT2D eigenvalue weighted by Crippen LogP contribution is -2.12. The number of hydrogen-bond acceptors (Lipinski definition) is 2. The van der Waals surface area contributed by atoms with E-state index in [9.17, 15) is 0 Å². The number of para-hydroxylation sites is 3. The fraction of sp³-hybridized carbons (Fsp3) is 0. The average Bonchev–Trinajstić information content (AvgIpc) is 3.91. The molecule has 63 heavy (non-hydrogen) atoms. The molecule has 0 radical (unpaired) electrons. The molecule has 0 N–H and O–H groups in total. The number of nitrogens with zero attached hydrogens (tertiary/aromatic N) is 2. The molecular weight excluding hydrogens is 781 g/mol. The first-order valence-electron chi connectivity index (χ1n) is 21.5. The molecule has 0 fully saturated rings. The molecule has 0 spiro atoms. The first-order valence-corrected chi connectivity index (χ1v) is 22.3. The molecule has 2 heterocycles. The van der Waals surface area contributed by atoms with Crippen LogP contribution in [0.5, 0.6) is 0 Å². The van der Waals surface area contributed by atoms with E-state index in [1.165, 1.54) is 80.9 Å². The normalized spacial score (nSPS) is 11.5. The molecule has 0 aliphatic heterocycles. The zero-order chi connectivity index (χ0) is 41.7. The Morgan fingerprint density at radius 3 is 1.70 bits per heavy atom. The van der Waals surface area contributed by atoms with Gasteiger partial charge in [-0.3, -0.25) is 0 Å². The van der Waals surface area contributed by atoms with Crippen molar-refractivity contribution in [2.75, 3.05) is 4.90 Å². The second-order valence-electron chi connectivity index (χ2n) is 16.0. The highest BCUT2D eigenvalue weighted by Crippen LogP contribution is 2.50. The number of benzene rings is 10. The molecule has 0 saturated carbocycles. The fourth-order valence-electron chi connectivity index (χ4n) is 9.63. The van der Waals surface area contributed by atoms with Crippen molar-refractivity contribution in [3.63, 3.8) is 0 Å². The molecule has 0 atom stereocenters. The summed E-state index contributed by atoms with van der Waals surface area (Å²) in [6.45, 7) is 0. The van der Waals surface area contributed by atoms with Crippen LogP contribution in [0.25, 0.3) is 92.2 Å². The Hall–Kier alpha value is -7.98. The molecule has 0 saturated heterocycles. The molecule has 296 valence electrons. The quantitative estimate of drug-likeness (QED) is 0.148. The standard InChI is InChI=1S/C60H40N2S/c1-4-19-41(20-5-1)47-27-10-11-30-52(47)59-48(42-21-6-2-7-22-42)31-18-35-56(59)61(46-37-38-58-54(40-46)51-29-13-15-36-57(51)63-58)45-26-16-23-43(39-45)49-32-17-33-53-50-28-12-14-34-55(50)62(60(49)53)44-24-8-3-9-25-44/h1-40H. The summed E-state index contributed by atoms with van der Waals surface area (Å²) < 4.78 is 5.01. The van der Waals surface area contributed by atoms with Gasteiger partial charge in [-0.2, -0.15) is 0 Å². The molecule has 0 bridgehead atoms. The smallest absolute Gasteiger partial charge is 0.0619 e. The lowest BCUT2D eigenvalue weighted by molar-refractivity contribution is 1.18. The van der Waals surface area contributed by atoms with E-state index >= 15 is 0 Å². The van der Waals surface area contributed by atoms with Gasteiger partial charge >= 0.3 is 0 Å². The predicted octanol–water partition coefficient (Wildman–Crippen LogP) is 17.3. The number of aromatic nitrogens is 1. The monoisotopic (exact) mass is 820 g/mol. The number of fused-ring (bicyclic) bond motifs is 6. The van der Waals surface area contributed by atoms with Gasteiger partial charge in [0.2, 0.25) is 0 Å². The van der Waals surface area contributed by atoms with Crippen molar-refractivity contribution in [3.05, 3.63) is 243 Å². The van der Waals surface area contributed by atoms with Gasteiger partial charge in [-0.15, -0.1) is 11.3 Å². The Labute approximate surface area is 370 Å². The highest BCUT2D eigenvalue weighted by atomic mass is 32.1. The van der Waals surface area contributed by atoms with Gasteiger partial charge in [0.05, 0.1) is 16.7 Å². The number of anilines is 3. The third-order valence-corrected chi connectivity index (χ3v) is 13.5. The number of hydrogen-bond donors (Lipinski definition) is 0. The van der Waals surface area contributed by atoms with Crippen LogP contribution in [0.4, 0.5) is 17.1 Å². The molecule has 2 nitrogen and oxygen atoms in total. The SMILES string of the molecule is c1ccc(-c2ccccc2-c2c(-c3ccccc3)cccc2N(c2cccc(-c3cccc4c5ccccc5n(-c5ccccc5)c34)c2)c2ccc3sc4ccccc4c3c2)cc1. The molecule has 0 unspecified atom stereocenters. The summed E-state index contributed by atoms with van der Waals surface area (Å²) in [5, 5.41) is 5.02. The molecule has 0 aliphatic carbocycles. The maximum atomic E-state index is 2.49. The lowest BCUT2D eigenvalue weighted by atomic mass is 9.87. The van der Waals surface area contributed by atoms with Crippen LogP contribution >= 0.6 is 11.3 Å². The van der Waals surface area contributed by atoms with E-state index in [1.807, 2.05) is 11.3 Å². The Morgan fingerprint density at radius 2 is 0.889 bits per heavy atom. The third-order valence-electron chi connectivity index (χ3n) is 12.4. The zero-order valence-corrected chi connectivity index (χ0v) is 35.2. The van der Waals surface area contributed by atoms with Gasteiger partial charge in [0.15, 0.2) is 0 Å². The van der Waals surface area contributed by atoms with Crippen molar-refractivity contribution >= 4 is 70.4 Å². The molecule has 2 aromatic heterocycles. The van der Waals surface area contributed by atoms with Crippen molar-refractivity contribution in [2.45, 2.75) is 0 Å². The van der Waals surface area contributed by atoms with Gasteiger partial charge in [0, 0.05) is 59.1 Å². The minimum absolute atomic E-state index is 1.08. The number of rotatable bonds is 8. The van der Waals surface area contributed by atoms with Gasteiger partial charge in [-0.1, -0.05) is 182 Å². The Bertz CT molecular complexity index is 3620. The largest absolute Gasteiger partial charge is 0.310 e. The minimum Gasteiger partial charge on any atom is -0.310 e. The van der Waals surface area contributed by atoms with E-state index in [-0.39, 0.29) is 0 Å². The summed E-state index contributed by atoms with van der Waals surface area (Å²) in [4.78, 5) is 2.49. The zero-order valence-electron chi connectivity index (χ0n) is 34.4. The maximum absolute atomic E-state index is 2.49. The summed E-state index contributed by atoms with van der Waals surface area (Å²) in [6.07, 6.45) is 0. The molecule has 12 aromatic rings. The first-order chi connectivity index (χ1) is 31.3. The maximum Gasteiger partial charge on any atom is 0.0619 e. The highest BCUT2D eigenvalue weighted by Gasteiger charge is 2.24.